The van der Waals surface area contributed by atoms with Gasteiger partial charge in [-0.3, -0.25) is 4.90 Å². The molecule has 2 saturated heterocycles. The van der Waals surface area contributed by atoms with Crippen LogP contribution in [0.25, 0.3) is 0 Å². The van der Waals surface area contributed by atoms with Gasteiger partial charge in [0.1, 0.15) is 5.75 Å². The topological polar surface area (TPSA) is 24.5 Å². The molecule has 1 N–H and O–H groups in total. The van der Waals surface area contributed by atoms with E-state index in [2.05, 4.69) is 48.3 Å². The summed E-state index contributed by atoms with van der Waals surface area (Å²) in [6, 6.07) is 8.53. The molecule has 2 aliphatic heterocycles. The van der Waals surface area contributed by atoms with Crippen LogP contribution in [0.1, 0.15) is 38.7 Å². The van der Waals surface area contributed by atoms with Gasteiger partial charge in [0.05, 0.1) is 7.11 Å². The maximum absolute atomic E-state index is 5.25. The summed E-state index contributed by atoms with van der Waals surface area (Å²) in [5.41, 5.74) is 2.23. The zero-order chi connectivity index (χ0) is 14.9. The molecule has 2 aliphatic rings. The first-order valence-corrected chi connectivity index (χ1v) is 8.12. The summed E-state index contributed by atoms with van der Waals surface area (Å²) in [6.45, 7) is 9.49. The Morgan fingerprint density at radius 2 is 1.81 bits per heavy atom. The summed E-state index contributed by atoms with van der Waals surface area (Å²) in [5.74, 6) is 0.939. The first-order valence-electron chi connectivity index (χ1n) is 8.12. The molecule has 1 aromatic rings. The highest BCUT2D eigenvalue weighted by Gasteiger charge is 2.48. The number of benzene rings is 1. The highest BCUT2D eigenvalue weighted by molar-refractivity contribution is 5.27. The maximum Gasteiger partial charge on any atom is 0.118 e. The molecule has 1 spiro atoms. The molecule has 3 heteroatoms. The molecule has 0 bridgehead atoms. The van der Waals surface area contributed by atoms with Crippen LogP contribution in [0, 0.1) is 5.41 Å². The SMILES string of the molecule is COc1ccc(CN2CC3(CCNCC3)CC2(C)C)cc1. The number of hydrogen-bond acceptors (Lipinski definition) is 3. The standard InChI is InChI=1S/C18H28N2O/c1-17(2)13-18(8-10-19-11-9-18)14-20(17)12-15-4-6-16(21-3)7-5-15/h4-7,19H,8-14H2,1-3H3. The van der Waals surface area contributed by atoms with Crippen LogP contribution < -0.4 is 10.1 Å². The van der Waals surface area contributed by atoms with Crippen molar-refractivity contribution >= 4 is 0 Å². The van der Waals surface area contributed by atoms with Crippen molar-refractivity contribution in [3.63, 3.8) is 0 Å². The Hall–Kier alpha value is -1.06. The number of ether oxygens (including phenoxy) is 1. The Morgan fingerprint density at radius 1 is 1.14 bits per heavy atom. The molecule has 21 heavy (non-hydrogen) atoms. The van der Waals surface area contributed by atoms with Crippen LogP contribution in [0.5, 0.6) is 5.75 Å². The van der Waals surface area contributed by atoms with Gasteiger partial charge in [0.2, 0.25) is 0 Å². The Balaban J connectivity index is 1.71. The largest absolute Gasteiger partial charge is 0.497 e. The van der Waals surface area contributed by atoms with Gasteiger partial charge in [-0.15, -0.1) is 0 Å². The summed E-state index contributed by atoms with van der Waals surface area (Å²) in [7, 11) is 1.72. The first kappa shape index (κ1) is 14.9. The third-order valence-corrected chi connectivity index (χ3v) is 5.39. The van der Waals surface area contributed by atoms with E-state index in [1.54, 1.807) is 7.11 Å². The zero-order valence-electron chi connectivity index (χ0n) is 13.6. The highest BCUT2D eigenvalue weighted by atomic mass is 16.5. The lowest BCUT2D eigenvalue weighted by Crippen LogP contribution is -2.39. The van der Waals surface area contributed by atoms with Crippen LogP contribution in [-0.2, 0) is 6.54 Å². The predicted octanol–water partition coefficient (Wildman–Crippen LogP) is 3.05. The summed E-state index contributed by atoms with van der Waals surface area (Å²) in [4.78, 5) is 2.68. The van der Waals surface area contributed by atoms with E-state index in [9.17, 15) is 0 Å². The summed E-state index contributed by atoms with van der Waals surface area (Å²) in [5, 5.41) is 3.51. The third-order valence-electron chi connectivity index (χ3n) is 5.39. The Bertz CT molecular complexity index is 474. The minimum absolute atomic E-state index is 0.303. The number of piperidine rings is 1. The first-order chi connectivity index (χ1) is 10.0. The normalized spacial score (nSPS) is 24.3. The molecule has 3 rings (SSSR count). The van der Waals surface area contributed by atoms with Crippen LogP contribution in [0.2, 0.25) is 0 Å². The minimum atomic E-state index is 0.303. The van der Waals surface area contributed by atoms with E-state index in [0.717, 1.165) is 12.3 Å². The maximum atomic E-state index is 5.25. The Kier molecular flexibility index (Phi) is 3.98. The van der Waals surface area contributed by atoms with Gasteiger partial charge in [0, 0.05) is 18.6 Å². The summed E-state index contributed by atoms with van der Waals surface area (Å²) >= 11 is 0. The monoisotopic (exact) mass is 288 g/mol. The molecule has 0 unspecified atom stereocenters. The fourth-order valence-electron chi connectivity index (χ4n) is 4.22. The molecule has 0 atom stereocenters. The minimum Gasteiger partial charge on any atom is -0.497 e. The number of nitrogens with one attached hydrogen (secondary N) is 1. The van der Waals surface area contributed by atoms with Gasteiger partial charge in [-0.25, -0.2) is 0 Å². The molecule has 0 saturated carbocycles. The van der Waals surface area contributed by atoms with E-state index in [1.165, 1.54) is 44.5 Å². The quantitative estimate of drug-likeness (QED) is 0.925. The Labute approximate surface area is 128 Å². The Morgan fingerprint density at radius 3 is 2.43 bits per heavy atom. The fraction of sp³-hybridized carbons (Fsp3) is 0.667. The van der Waals surface area contributed by atoms with Gasteiger partial charge < -0.3 is 10.1 Å². The van der Waals surface area contributed by atoms with Crippen LogP contribution in [-0.4, -0.2) is 37.2 Å². The predicted molar refractivity (Wildman–Crippen MR) is 86.6 cm³/mol. The van der Waals surface area contributed by atoms with E-state index < -0.39 is 0 Å². The number of likely N-dealkylation sites (tertiary alicyclic amines) is 1. The van der Waals surface area contributed by atoms with Gasteiger partial charge in [-0.1, -0.05) is 12.1 Å². The van der Waals surface area contributed by atoms with Gasteiger partial charge in [0.15, 0.2) is 0 Å². The van der Waals surface area contributed by atoms with Gasteiger partial charge >= 0.3 is 0 Å². The molecule has 116 valence electrons. The van der Waals surface area contributed by atoms with Gasteiger partial charge in [-0.05, 0) is 69.3 Å². The van der Waals surface area contributed by atoms with Crippen LogP contribution in [0.3, 0.4) is 0 Å². The van der Waals surface area contributed by atoms with Crippen LogP contribution in [0.4, 0.5) is 0 Å². The molecule has 3 nitrogen and oxygen atoms in total. The van der Waals surface area contributed by atoms with Crippen LogP contribution in [0.15, 0.2) is 24.3 Å². The smallest absolute Gasteiger partial charge is 0.118 e. The van der Waals surface area contributed by atoms with Gasteiger partial charge in [-0.2, -0.15) is 0 Å². The zero-order valence-corrected chi connectivity index (χ0v) is 13.6. The van der Waals surface area contributed by atoms with Crippen molar-refractivity contribution in [2.75, 3.05) is 26.7 Å². The third kappa shape index (κ3) is 3.09. The van der Waals surface area contributed by atoms with E-state index >= 15 is 0 Å². The van der Waals surface area contributed by atoms with Crippen molar-refractivity contribution in [2.24, 2.45) is 5.41 Å². The number of nitrogens with zero attached hydrogens (tertiary/aromatic N) is 1. The number of rotatable bonds is 3. The fourth-order valence-corrected chi connectivity index (χ4v) is 4.22. The van der Waals surface area contributed by atoms with Crippen molar-refractivity contribution in [3.05, 3.63) is 29.8 Å². The second-order valence-corrected chi connectivity index (χ2v) is 7.44. The molecule has 0 aromatic heterocycles. The van der Waals surface area contributed by atoms with Crippen molar-refractivity contribution in [2.45, 2.75) is 45.2 Å². The second-order valence-electron chi connectivity index (χ2n) is 7.44. The number of hydrogen-bond donors (Lipinski definition) is 1. The molecular weight excluding hydrogens is 260 g/mol. The van der Waals surface area contributed by atoms with E-state index in [0.29, 0.717) is 11.0 Å². The molecule has 1 aromatic carbocycles. The van der Waals surface area contributed by atoms with E-state index in [1.807, 2.05) is 0 Å². The van der Waals surface area contributed by atoms with Crippen molar-refractivity contribution in [1.82, 2.24) is 10.2 Å². The highest BCUT2D eigenvalue weighted by Crippen LogP contribution is 2.47. The molecule has 2 heterocycles. The molecular formula is C18H28N2O. The lowest BCUT2D eigenvalue weighted by atomic mass is 9.75. The lowest BCUT2D eigenvalue weighted by Gasteiger charge is -2.34. The summed E-state index contributed by atoms with van der Waals surface area (Å²) in [6.07, 6.45) is 3.99. The van der Waals surface area contributed by atoms with Crippen molar-refractivity contribution in [3.8, 4) is 5.75 Å². The molecule has 2 fully saturated rings. The molecule has 0 radical (unpaired) electrons. The van der Waals surface area contributed by atoms with E-state index in [4.69, 9.17) is 4.74 Å². The van der Waals surface area contributed by atoms with Gasteiger partial charge in [0.25, 0.3) is 0 Å². The molecule has 0 aliphatic carbocycles. The van der Waals surface area contributed by atoms with Crippen LogP contribution >= 0.6 is 0 Å². The average molecular weight is 288 g/mol. The number of methoxy groups -OCH3 is 1. The average Bonchev–Trinajstić information content (AvgIpc) is 2.70. The van der Waals surface area contributed by atoms with Crippen molar-refractivity contribution in [1.29, 1.82) is 0 Å². The van der Waals surface area contributed by atoms with E-state index in [-0.39, 0.29) is 0 Å². The lowest BCUT2D eigenvalue weighted by molar-refractivity contribution is 0.159. The summed E-state index contributed by atoms with van der Waals surface area (Å²) < 4.78 is 5.25. The molecule has 0 amide bonds. The van der Waals surface area contributed by atoms with Crippen molar-refractivity contribution < 1.29 is 4.74 Å². The second kappa shape index (κ2) is 5.62.